The number of alkyl halides is 7. The third-order valence-corrected chi connectivity index (χ3v) is 5.70. The molecule has 3 nitrogen and oxygen atoms in total. The topological polar surface area (TPSA) is 36.1 Å². The largest absolute Gasteiger partial charge is 0.280 e. The van der Waals surface area contributed by atoms with E-state index in [1.807, 2.05) is 6.08 Å². The molecule has 0 spiro atoms. The van der Waals surface area contributed by atoms with Gasteiger partial charge in [-0.25, -0.2) is 0 Å². The highest BCUT2D eigenvalue weighted by atomic mass is 35.6. The van der Waals surface area contributed by atoms with E-state index in [1.165, 1.54) is 0 Å². The first-order valence-electron chi connectivity index (χ1n) is 7.29. The van der Waals surface area contributed by atoms with Crippen LogP contribution in [-0.4, -0.2) is 31.5 Å². The first-order valence-corrected chi connectivity index (χ1v) is 10.00. The molecule has 2 rings (SSSR count). The molecule has 10 heteroatoms. The molecule has 1 saturated heterocycles. The minimum atomic E-state index is -1.58. The van der Waals surface area contributed by atoms with Crippen molar-refractivity contribution in [2.45, 2.75) is 57.1 Å². The van der Waals surface area contributed by atoms with Crippen LogP contribution in [0.3, 0.4) is 0 Å². The van der Waals surface area contributed by atoms with Crippen molar-refractivity contribution in [3.63, 3.8) is 0 Å². The van der Waals surface area contributed by atoms with Gasteiger partial charge in [0.15, 0.2) is 0 Å². The van der Waals surface area contributed by atoms with Crippen LogP contribution >= 0.6 is 81.2 Å². The standard InChI is InChI=1S/C13H18Cl7N3/c14-8-4-1-7(2-5-8)3-6-9-21-10(12(15,16)17)23-11(22-9)13(18,19)20/h3,6-11,21-23H,1-2,4-5H2. The van der Waals surface area contributed by atoms with Crippen LogP contribution in [0, 0.1) is 5.92 Å². The highest BCUT2D eigenvalue weighted by molar-refractivity contribution is 6.68. The zero-order valence-electron chi connectivity index (χ0n) is 12.0. The van der Waals surface area contributed by atoms with Crippen LogP contribution in [0.15, 0.2) is 12.2 Å². The summed E-state index contributed by atoms with van der Waals surface area (Å²) in [6, 6.07) is 0. The predicted molar refractivity (Wildman–Crippen MR) is 102 cm³/mol. The van der Waals surface area contributed by atoms with E-state index in [0.29, 0.717) is 5.92 Å². The molecule has 2 atom stereocenters. The van der Waals surface area contributed by atoms with Crippen molar-refractivity contribution >= 4 is 81.2 Å². The minimum Gasteiger partial charge on any atom is -0.280 e. The Bertz CT molecular complexity index is 391. The van der Waals surface area contributed by atoms with Gasteiger partial charge in [0.05, 0.1) is 6.17 Å². The molecule has 3 N–H and O–H groups in total. The van der Waals surface area contributed by atoms with Gasteiger partial charge in [0, 0.05) is 5.38 Å². The van der Waals surface area contributed by atoms with Crippen LogP contribution in [0.25, 0.3) is 0 Å². The van der Waals surface area contributed by atoms with E-state index < -0.39 is 19.9 Å². The molecule has 1 aliphatic heterocycles. The van der Waals surface area contributed by atoms with Gasteiger partial charge in [-0.15, -0.1) is 11.6 Å². The van der Waals surface area contributed by atoms with E-state index in [2.05, 4.69) is 22.0 Å². The Labute approximate surface area is 171 Å². The van der Waals surface area contributed by atoms with Gasteiger partial charge in [-0.2, -0.15) is 0 Å². The molecule has 23 heavy (non-hydrogen) atoms. The molecule has 1 aliphatic carbocycles. The SMILES string of the molecule is ClC1CCC(C=CC2NC(C(Cl)(Cl)Cl)NC(C(Cl)(Cl)Cl)N2)CC1. The lowest BCUT2D eigenvalue weighted by Gasteiger charge is -2.42. The van der Waals surface area contributed by atoms with Gasteiger partial charge in [0.2, 0.25) is 7.59 Å². The summed E-state index contributed by atoms with van der Waals surface area (Å²) in [5.74, 6) is 0.487. The van der Waals surface area contributed by atoms with Crippen molar-refractivity contribution < 1.29 is 0 Å². The van der Waals surface area contributed by atoms with E-state index in [-0.39, 0.29) is 11.5 Å². The van der Waals surface area contributed by atoms with E-state index in [4.69, 9.17) is 81.2 Å². The van der Waals surface area contributed by atoms with Crippen LogP contribution in [0.4, 0.5) is 0 Å². The van der Waals surface area contributed by atoms with Gasteiger partial charge in [-0.3, -0.25) is 16.0 Å². The molecule has 0 aromatic rings. The Kier molecular flexibility index (Phi) is 7.80. The Morgan fingerprint density at radius 1 is 0.696 bits per heavy atom. The maximum Gasteiger partial charge on any atom is 0.218 e. The minimum absolute atomic E-state index is 0.286. The van der Waals surface area contributed by atoms with Gasteiger partial charge < -0.3 is 0 Å². The number of nitrogens with one attached hydrogen (secondary N) is 3. The van der Waals surface area contributed by atoms with Gasteiger partial charge in [0.25, 0.3) is 0 Å². The lowest BCUT2D eigenvalue weighted by Crippen LogP contribution is -2.73. The first-order chi connectivity index (χ1) is 10.6. The van der Waals surface area contributed by atoms with Crippen LogP contribution in [-0.2, 0) is 0 Å². The van der Waals surface area contributed by atoms with Crippen molar-refractivity contribution in [2.75, 3.05) is 0 Å². The van der Waals surface area contributed by atoms with E-state index in [0.717, 1.165) is 25.7 Å². The fourth-order valence-electron chi connectivity index (χ4n) is 2.70. The first kappa shape index (κ1) is 21.0. The summed E-state index contributed by atoms with van der Waals surface area (Å²) in [6.07, 6.45) is 6.69. The zero-order valence-corrected chi connectivity index (χ0v) is 17.3. The van der Waals surface area contributed by atoms with E-state index in [1.54, 1.807) is 0 Å². The number of halogens is 7. The second kappa shape index (κ2) is 8.56. The average molecular weight is 464 g/mol. The molecule has 0 bridgehead atoms. The van der Waals surface area contributed by atoms with Crippen LogP contribution in [0.1, 0.15) is 25.7 Å². The molecule has 0 aromatic heterocycles. The predicted octanol–water partition coefficient (Wildman–Crippen LogP) is 4.84. The molecule has 2 aliphatic rings. The second-order valence-electron chi connectivity index (χ2n) is 5.82. The molecule has 0 radical (unpaired) electrons. The lowest BCUT2D eigenvalue weighted by atomic mass is 9.88. The fraction of sp³-hybridized carbons (Fsp3) is 0.846. The third kappa shape index (κ3) is 6.71. The van der Waals surface area contributed by atoms with Crippen LogP contribution in [0.5, 0.6) is 0 Å². The summed E-state index contributed by atoms with van der Waals surface area (Å²) in [4.78, 5) is 0. The Morgan fingerprint density at radius 3 is 1.61 bits per heavy atom. The molecule has 1 saturated carbocycles. The Morgan fingerprint density at radius 2 is 1.17 bits per heavy atom. The third-order valence-electron chi connectivity index (χ3n) is 3.96. The maximum atomic E-state index is 6.12. The summed E-state index contributed by atoms with van der Waals surface area (Å²) in [6.45, 7) is 0. The van der Waals surface area contributed by atoms with Crippen molar-refractivity contribution in [2.24, 2.45) is 5.92 Å². The number of hydrogen-bond acceptors (Lipinski definition) is 3. The summed E-state index contributed by atoms with van der Waals surface area (Å²) >= 11 is 41.9. The molecule has 1 heterocycles. The molecule has 2 fully saturated rings. The highest BCUT2D eigenvalue weighted by Crippen LogP contribution is 2.35. The molecular formula is C13H18Cl7N3. The summed E-state index contributed by atoms with van der Waals surface area (Å²) < 4.78 is -3.17. The van der Waals surface area contributed by atoms with E-state index in [9.17, 15) is 0 Å². The Balaban J connectivity index is 2.01. The molecule has 134 valence electrons. The van der Waals surface area contributed by atoms with Crippen LogP contribution < -0.4 is 16.0 Å². The summed E-state index contributed by atoms with van der Waals surface area (Å²) in [5, 5.41) is 9.50. The Hall–Kier alpha value is 1.65. The normalized spacial score (nSPS) is 37.3. The lowest BCUT2D eigenvalue weighted by molar-refractivity contribution is 0.227. The van der Waals surface area contributed by atoms with Crippen molar-refractivity contribution in [1.82, 2.24) is 16.0 Å². The van der Waals surface area contributed by atoms with Gasteiger partial charge in [-0.1, -0.05) is 81.8 Å². The zero-order chi connectivity index (χ0) is 17.3. The summed E-state index contributed by atoms with van der Waals surface area (Å²) in [5.41, 5.74) is 0. The average Bonchev–Trinajstić information content (AvgIpc) is 2.44. The van der Waals surface area contributed by atoms with Crippen molar-refractivity contribution in [3.8, 4) is 0 Å². The summed E-state index contributed by atoms with van der Waals surface area (Å²) in [7, 11) is 0. The van der Waals surface area contributed by atoms with Crippen molar-refractivity contribution in [3.05, 3.63) is 12.2 Å². The van der Waals surface area contributed by atoms with E-state index >= 15 is 0 Å². The molecule has 0 aromatic carbocycles. The number of allylic oxidation sites excluding steroid dienone is 1. The maximum absolute atomic E-state index is 6.12. The smallest absolute Gasteiger partial charge is 0.218 e. The second-order valence-corrected chi connectivity index (χ2v) is 11.2. The molecule has 2 unspecified atom stereocenters. The van der Waals surface area contributed by atoms with Gasteiger partial charge in [0.1, 0.15) is 12.3 Å². The monoisotopic (exact) mass is 461 g/mol. The fourth-order valence-corrected chi connectivity index (χ4v) is 3.71. The van der Waals surface area contributed by atoms with Crippen molar-refractivity contribution in [1.29, 1.82) is 0 Å². The van der Waals surface area contributed by atoms with Crippen LogP contribution in [0.2, 0.25) is 0 Å². The molecule has 0 amide bonds. The van der Waals surface area contributed by atoms with Gasteiger partial charge >= 0.3 is 0 Å². The molecular weight excluding hydrogens is 446 g/mol. The highest BCUT2D eigenvalue weighted by Gasteiger charge is 2.44. The number of rotatable bonds is 2. The quantitative estimate of drug-likeness (QED) is 0.404. The number of hydrogen-bond donors (Lipinski definition) is 3. The van der Waals surface area contributed by atoms with Gasteiger partial charge in [-0.05, 0) is 31.6 Å².